The lowest BCUT2D eigenvalue weighted by atomic mass is 9.73. The van der Waals surface area contributed by atoms with Crippen molar-refractivity contribution in [2.24, 2.45) is 11.3 Å². The van der Waals surface area contributed by atoms with Gasteiger partial charge in [-0.05, 0) is 30.6 Å². The topological polar surface area (TPSA) is 20.2 Å². The van der Waals surface area contributed by atoms with Crippen molar-refractivity contribution in [3.8, 4) is 0 Å². The van der Waals surface area contributed by atoms with E-state index in [4.69, 9.17) is 0 Å². The van der Waals surface area contributed by atoms with Crippen LogP contribution < -0.4 is 0 Å². The second kappa shape index (κ2) is 3.02. The van der Waals surface area contributed by atoms with Crippen LogP contribution in [0.4, 0.5) is 0 Å². The molecule has 0 radical (unpaired) electrons. The Kier molecular flexibility index (Phi) is 2.53. The lowest BCUT2D eigenvalue weighted by molar-refractivity contribution is 0.0150. The average molecular weight is 170 g/mol. The summed E-state index contributed by atoms with van der Waals surface area (Å²) in [5, 5.41) is 10.1. The highest BCUT2D eigenvalue weighted by Gasteiger charge is 2.51. The highest BCUT2D eigenvalue weighted by molar-refractivity contribution is 5.02. The van der Waals surface area contributed by atoms with Crippen molar-refractivity contribution in [3.63, 3.8) is 0 Å². The molecule has 1 saturated carbocycles. The lowest BCUT2D eigenvalue weighted by Gasteiger charge is -2.34. The highest BCUT2D eigenvalue weighted by Crippen LogP contribution is 2.51. The van der Waals surface area contributed by atoms with E-state index in [1.807, 2.05) is 0 Å². The van der Waals surface area contributed by atoms with Gasteiger partial charge in [0.25, 0.3) is 0 Å². The third-order valence-electron chi connectivity index (χ3n) is 3.03. The fourth-order valence-electron chi connectivity index (χ4n) is 2.27. The summed E-state index contributed by atoms with van der Waals surface area (Å²) in [7, 11) is 0. The minimum absolute atomic E-state index is 0.265. The molecule has 1 atom stereocenters. The predicted molar refractivity (Wildman–Crippen MR) is 52.0 cm³/mol. The molecule has 0 heterocycles. The molecule has 0 spiro atoms. The number of hydrogen-bond donors (Lipinski definition) is 1. The largest absolute Gasteiger partial charge is 0.390 e. The van der Waals surface area contributed by atoms with E-state index in [2.05, 4.69) is 27.7 Å². The molecule has 1 rings (SSSR count). The zero-order valence-electron chi connectivity index (χ0n) is 8.85. The molecule has 0 amide bonds. The molecule has 0 unspecified atom stereocenters. The van der Waals surface area contributed by atoms with E-state index in [9.17, 15) is 5.11 Å². The number of hydrogen-bond acceptors (Lipinski definition) is 1. The maximum Gasteiger partial charge on any atom is 0.0683 e. The van der Waals surface area contributed by atoms with Gasteiger partial charge in [-0.1, -0.05) is 34.1 Å². The number of rotatable bonds is 3. The van der Waals surface area contributed by atoms with E-state index in [0.717, 1.165) is 12.8 Å². The van der Waals surface area contributed by atoms with Crippen LogP contribution in [0.25, 0.3) is 0 Å². The Morgan fingerprint density at radius 1 is 1.33 bits per heavy atom. The molecule has 1 nitrogen and oxygen atoms in total. The molecule has 72 valence electrons. The summed E-state index contributed by atoms with van der Waals surface area (Å²) in [5.41, 5.74) is -0.0322. The summed E-state index contributed by atoms with van der Waals surface area (Å²) in [6.45, 7) is 8.92. The monoisotopic (exact) mass is 170 g/mol. The molecule has 0 saturated heterocycles. The summed E-state index contributed by atoms with van der Waals surface area (Å²) < 4.78 is 0. The second-order valence-corrected chi connectivity index (χ2v) is 5.31. The van der Waals surface area contributed by atoms with Crippen molar-refractivity contribution >= 4 is 0 Å². The summed E-state index contributed by atoms with van der Waals surface area (Å²) in [6, 6.07) is 0. The fraction of sp³-hybridized carbons (Fsp3) is 1.00. The molecular formula is C11H22O. The van der Waals surface area contributed by atoms with E-state index in [-0.39, 0.29) is 11.0 Å². The van der Waals surface area contributed by atoms with E-state index < -0.39 is 0 Å². The summed E-state index contributed by atoms with van der Waals surface area (Å²) in [5.74, 6) is 0.495. The molecule has 1 fully saturated rings. The van der Waals surface area contributed by atoms with E-state index in [1.54, 1.807) is 0 Å². The Hall–Kier alpha value is -0.0400. The van der Waals surface area contributed by atoms with Gasteiger partial charge in [0, 0.05) is 0 Å². The molecule has 1 aliphatic rings. The van der Waals surface area contributed by atoms with E-state index in [0.29, 0.717) is 5.92 Å². The molecule has 0 aliphatic heterocycles. The van der Waals surface area contributed by atoms with E-state index >= 15 is 0 Å². The van der Waals surface area contributed by atoms with Crippen LogP contribution in [0.2, 0.25) is 0 Å². The summed E-state index contributed by atoms with van der Waals surface area (Å²) in [4.78, 5) is 0. The van der Waals surface area contributed by atoms with Gasteiger partial charge in [0.15, 0.2) is 0 Å². The van der Waals surface area contributed by atoms with Crippen LogP contribution in [0.3, 0.4) is 0 Å². The van der Waals surface area contributed by atoms with Gasteiger partial charge < -0.3 is 5.11 Å². The van der Waals surface area contributed by atoms with Crippen LogP contribution >= 0.6 is 0 Å². The molecule has 1 aliphatic carbocycles. The Balaban J connectivity index is 2.62. The van der Waals surface area contributed by atoms with Crippen molar-refractivity contribution in [3.05, 3.63) is 0 Å². The van der Waals surface area contributed by atoms with Crippen LogP contribution in [0.15, 0.2) is 0 Å². The standard InChI is InChI=1S/C11H22O/c1-5-6-9(10(2,3)4)11(12)7-8-11/h9,12H,5-8H2,1-4H3/t9-/m0/s1. The smallest absolute Gasteiger partial charge is 0.0683 e. The van der Waals surface area contributed by atoms with Crippen LogP contribution in [0.5, 0.6) is 0 Å². The lowest BCUT2D eigenvalue weighted by Crippen LogP contribution is -2.33. The van der Waals surface area contributed by atoms with Gasteiger partial charge in [0.05, 0.1) is 5.60 Å². The first-order chi connectivity index (χ1) is 5.40. The molecular weight excluding hydrogens is 148 g/mol. The van der Waals surface area contributed by atoms with Crippen LogP contribution in [0, 0.1) is 11.3 Å². The van der Waals surface area contributed by atoms with Gasteiger partial charge in [-0.2, -0.15) is 0 Å². The molecule has 0 aromatic rings. The number of aliphatic hydroxyl groups is 1. The van der Waals surface area contributed by atoms with Crippen LogP contribution in [-0.2, 0) is 0 Å². The van der Waals surface area contributed by atoms with Crippen molar-refractivity contribution < 1.29 is 5.11 Å². The van der Waals surface area contributed by atoms with Crippen LogP contribution in [0.1, 0.15) is 53.4 Å². The first kappa shape index (κ1) is 10.0. The fourth-order valence-corrected chi connectivity index (χ4v) is 2.27. The SMILES string of the molecule is CCC[C@@H](C(C)(C)C)C1(O)CC1. The molecule has 12 heavy (non-hydrogen) atoms. The Labute approximate surface area is 76.2 Å². The molecule has 1 heteroatoms. The van der Waals surface area contributed by atoms with Gasteiger partial charge in [-0.25, -0.2) is 0 Å². The van der Waals surface area contributed by atoms with Gasteiger partial charge >= 0.3 is 0 Å². The van der Waals surface area contributed by atoms with Gasteiger partial charge in [0.1, 0.15) is 0 Å². The maximum absolute atomic E-state index is 10.1. The van der Waals surface area contributed by atoms with Crippen LogP contribution in [-0.4, -0.2) is 10.7 Å². The van der Waals surface area contributed by atoms with Crippen molar-refractivity contribution in [1.82, 2.24) is 0 Å². The first-order valence-electron chi connectivity index (χ1n) is 5.12. The normalized spacial score (nSPS) is 23.8. The van der Waals surface area contributed by atoms with Gasteiger partial charge in [-0.15, -0.1) is 0 Å². The molecule has 0 aromatic heterocycles. The van der Waals surface area contributed by atoms with Crippen molar-refractivity contribution in [1.29, 1.82) is 0 Å². The quantitative estimate of drug-likeness (QED) is 0.690. The predicted octanol–water partition coefficient (Wildman–Crippen LogP) is 2.97. The van der Waals surface area contributed by atoms with Crippen molar-refractivity contribution in [2.75, 3.05) is 0 Å². The average Bonchev–Trinajstić information content (AvgIpc) is 2.61. The zero-order chi connectivity index (χ0) is 9.41. The van der Waals surface area contributed by atoms with Gasteiger partial charge in [-0.3, -0.25) is 0 Å². The highest BCUT2D eigenvalue weighted by atomic mass is 16.3. The molecule has 0 bridgehead atoms. The summed E-state index contributed by atoms with van der Waals surface area (Å²) >= 11 is 0. The molecule has 1 N–H and O–H groups in total. The zero-order valence-corrected chi connectivity index (χ0v) is 8.85. The molecule has 0 aromatic carbocycles. The Morgan fingerprint density at radius 2 is 1.83 bits per heavy atom. The Morgan fingerprint density at radius 3 is 2.08 bits per heavy atom. The summed E-state index contributed by atoms with van der Waals surface area (Å²) in [6.07, 6.45) is 4.40. The third kappa shape index (κ3) is 2.01. The maximum atomic E-state index is 10.1. The third-order valence-corrected chi connectivity index (χ3v) is 3.03. The first-order valence-corrected chi connectivity index (χ1v) is 5.12. The van der Waals surface area contributed by atoms with E-state index in [1.165, 1.54) is 12.8 Å². The second-order valence-electron chi connectivity index (χ2n) is 5.31. The van der Waals surface area contributed by atoms with Crippen molar-refractivity contribution in [2.45, 2.75) is 59.0 Å². The minimum Gasteiger partial charge on any atom is -0.390 e. The minimum atomic E-state index is -0.297. The van der Waals surface area contributed by atoms with Gasteiger partial charge in [0.2, 0.25) is 0 Å². The Bertz CT molecular complexity index is 146.